The van der Waals surface area contributed by atoms with E-state index in [0.29, 0.717) is 12.6 Å². The zero-order valence-corrected chi connectivity index (χ0v) is 14.2. The summed E-state index contributed by atoms with van der Waals surface area (Å²) >= 11 is 0. The highest BCUT2D eigenvalue weighted by molar-refractivity contribution is 5.87. The van der Waals surface area contributed by atoms with Crippen molar-refractivity contribution in [1.29, 1.82) is 0 Å². The Morgan fingerprint density at radius 2 is 2.12 bits per heavy atom. The number of H-pyrrole nitrogens is 1. The first kappa shape index (κ1) is 15.4. The molecule has 2 aliphatic rings. The molecule has 5 nitrogen and oxygen atoms in total. The Hall–Kier alpha value is -2.17. The predicted molar refractivity (Wildman–Crippen MR) is 94.4 cm³/mol. The molecule has 2 aromatic rings. The molecule has 24 heavy (non-hydrogen) atoms. The van der Waals surface area contributed by atoms with Crippen molar-refractivity contribution in [2.75, 3.05) is 13.7 Å². The lowest BCUT2D eigenvalue weighted by Crippen LogP contribution is -2.47. The van der Waals surface area contributed by atoms with Gasteiger partial charge in [-0.15, -0.1) is 0 Å². The molecule has 0 spiro atoms. The quantitative estimate of drug-likeness (QED) is 0.886. The lowest BCUT2D eigenvalue weighted by Gasteiger charge is -2.31. The Kier molecular flexibility index (Phi) is 4.08. The summed E-state index contributed by atoms with van der Waals surface area (Å²) < 4.78 is 5.35. The van der Waals surface area contributed by atoms with Crippen LogP contribution in [0, 0.1) is 0 Å². The van der Waals surface area contributed by atoms with Gasteiger partial charge in [0.1, 0.15) is 5.75 Å². The molecule has 1 fully saturated rings. The number of urea groups is 1. The van der Waals surface area contributed by atoms with Gasteiger partial charge >= 0.3 is 6.03 Å². The molecule has 0 bridgehead atoms. The molecule has 2 N–H and O–H groups in total. The van der Waals surface area contributed by atoms with Gasteiger partial charge in [-0.2, -0.15) is 0 Å². The summed E-state index contributed by atoms with van der Waals surface area (Å²) in [6, 6.07) is 6.53. The Bertz CT molecular complexity index is 746. The highest BCUT2D eigenvalue weighted by Gasteiger charge is 2.26. The summed E-state index contributed by atoms with van der Waals surface area (Å²) in [5.74, 6) is 0.855. The molecule has 1 aromatic carbocycles. The minimum atomic E-state index is 0.0878. The first-order valence-corrected chi connectivity index (χ1v) is 8.97. The van der Waals surface area contributed by atoms with Crippen LogP contribution in [0.2, 0.25) is 0 Å². The largest absolute Gasteiger partial charge is 0.497 e. The van der Waals surface area contributed by atoms with E-state index in [4.69, 9.17) is 4.74 Å². The van der Waals surface area contributed by atoms with Crippen LogP contribution in [0.4, 0.5) is 4.79 Å². The monoisotopic (exact) mass is 327 g/mol. The van der Waals surface area contributed by atoms with Crippen molar-refractivity contribution in [3.05, 3.63) is 29.5 Å². The second kappa shape index (κ2) is 6.38. The van der Waals surface area contributed by atoms with Crippen LogP contribution in [0.3, 0.4) is 0 Å². The molecule has 2 heterocycles. The zero-order chi connectivity index (χ0) is 16.5. The van der Waals surface area contributed by atoms with E-state index in [1.807, 2.05) is 11.0 Å². The number of benzene rings is 1. The van der Waals surface area contributed by atoms with Crippen LogP contribution in [0.5, 0.6) is 5.75 Å². The third-order valence-corrected chi connectivity index (χ3v) is 5.40. The average molecular weight is 327 g/mol. The number of carbonyl (C=O) groups excluding carboxylic acids is 1. The third kappa shape index (κ3) is 2.83. The van der Waals surface area contributed by atoms with Crippen LogP contribution in [-0.2, 0) is 13.0 Å². The Morgan fingerprint density at radius 1 is 1.29 bits per heavy atom. The smallest absolute Gasteiger partial charge is 0.317 e. The van der Waals surface area contributed by atoms with Crippen LogP contribution >= 0.6 is 0 Å². The number of aromatic amines is 1. The number of carbonyl (C=O) groups is 1. The van der Waals surface area contributed by atoms with E-state index in [0.717, 1.165) is 37.1 Å². The molecule has 0 saturated heterocycles. The molecule has 1 saturated carbocycles. The standard InChI is InChI=1S/C19H25N3O2/c1-24-14-7-8-17-15(11-14)16-12-22(10-9-18(16)21-17)19(23)20-13-5-3-2-4-6-13/h7-8,11,13,21H,2-6,9-10,12H2,1H3,(H,20,23). The summed E-state index contributed by atoms with van der Waals surface area (Å²) in [7, 11) is 1.68. The number of fused-ring (bicyclic) bond motifs is 3. The number of hydrogen-bond acceptors (Lipinski definition) is 2. The second-order valence-electron chi connectivity index (χ2n) is 6.95. The number of hydrogen-bond donors (Lipinski definition) is 2. The number of aromatic nitrogens is 1. The summed E-state index contributed by atoms with van der Waals surface area (Å²) in [6.45, 7) is 1.44. The normalized spacial score (nSPS) is 18.5. The van der Waals surface area contributed by atoms with Gasteiger partial charge in [-0.1, -0.05) is 19.3 Å². The molecule has 1 aliphatic carbocycles. The average Bonchev–Trinajstić information content (AvgIpc) is 2.99. The van der Waals surface area contributed by atoms with Gasteiger partial charge in [0.15, 0.2) is 0 Å². The summed E-state index contributed by atoms with van der Waals surface area (Å²) in [6.07, 6.45) is 6.89. The van der Waals surface area contributed by atoms with Crippen molar-refractivity contribution in [2.45, 2.75) is 51.1 Å². The van der Waals surface area contributed by atoms with E-state index in [1.165, 1.54) is 35.9 Å². The molecular formula is C19H25N3O2. The molecule has 2 amide bonds. The van der Waals surface area contributed by atoms with Gasteiger partial charge in [-0.25, -0.2) is 4.79 Å². The summed E-state index contributed by atoms with van der Waals surface area (Å²) in [5.41, 5.74) is 3.60. The summed E-state index contributed by atoms with van der Waals surface area (Å²) in [4.78, 5) is 18.1. The number of amides is 2. The van der Waals surface area contributed by atoms with E-state index in [2.05, 4.69) is 22.4 Å². The maximum absolute atomic E-state index is 12.6. The zero-order valence-electron chi connectivity index (χ0n) is 14.2. The van der Waals surface area contributed by atoms with Crippen LogP contribution in [0.15, 0.2) is 18.2 Å². The fraction of sp³-hybridized carbons (Fsp3) is 0.526. The highest BCUT2D eigenvalue weighted by Crippen LogP contribution is 2.30. The van der Waals surface area contributed by atoms with E-state index >= 15 is 0 Å². The van der Waals surface area contributed by atoms with E-state index in [1.54, 1.807) is 7.11 Å². The van der Waals surface area contributed by atoms with Crippen molar-refractivity contribution < 1.29 is 9.53 Å². The van der Waals surface area contributed by atoms with Crippen molar-refractivity contribution in [1.82, 2.24) is 15.2 Å². The maximum atomic E-state index is 12.6. The van der Waals surface area contributed by atoms with Crippen LogP contribution in [-0.4, -0.2) is 35.6 Å². The van der Waals surface area contributed by atoms with Crippen molar-refractivity contribution in [2.24, 2.45) is 0 Å². The molecule has 1 aromatic heterocycles. The summed E-state index contributed by atoms with van der Waals surface area (Å²) in [5, 5.41) is 4.40. The van der Waals surface area contributed by atoms with E-state index < -0.39 is 0 Å². The Labute approximate surface area is 142 Å². The van der Waals surface area contributed by atoms with E-state index in [-0.39, 0.29) is 6.03 Å². The topological polar surface area (TPSA) is 57.4 Å². The van der Waals surface area contributed by atoms with Crippen molar-refractivity contribution in [3.8, 4) is 5.75 Å². The van der Waals surface area contributed by atoms with Crippen LogP contribution in [0.1, 0.15) is 43.4 Å². The number of nitrogens with zero attached hydrogens (tertiary/aromatic N) is 1. The van der Waals surface area contributed by atoms with Crippen LogP contribution < -0.4 is 10.1 Å². The van der Waals surface area contributed by atoms with Gasteiger partial charge < -0.3 is 19.9 Å². The Balaban J connectivity index is 1.52. The van der Waals surface area contributed by atoms with Gasteiger partial charge in [-0.3, -0.25) is 0 Å². The molecule has 0 atom stereocenters. The van der Waals surface area contributed by atoms with Crippen molar-refractivity contribution in [3.63, 3.8) is 0 Å². The van der Waals surface area contributed by atoms with Crippen LogP contribution in [0.25, 0.3) is 10.9 Å². The van der Waals surface area contributed by atoms with Crippen molar-refractivity contribution >= 4 is 16.9 Å². The minimum absolute atomic E-state index is 0.0878. The molecule has 128 valence electrons. The maximum Gasteiger partial charge on any atom is 0.317 e. The molecular weight excluding hydrogens is 302 g/mol. The lowest BCUT2D eigenvalue weighted by atomic mass is 9.95. The number of methoxy groups -OCH3 is 1. The minimum Gasteiger partial charge on any atom is -0.497 e. The number of rotatable bonds is 2. The number of nitrogens with one attached hydrogen (secondary N) is 2. The second-order valence-corrected chi connectivity index (χ2v) is 6.95. The van der Waals surface area contributed by atoms with Gasteiger partial charge in [-0.05, 0) is 31.0 Å². The highest BCUT2D eigenvalue weighted by atomic mass is 16.5. The lowest BCUT2D eigenvalue weighted by molar-refractivity contribution is 0.185. The van der Waals surface area contributed by atoms with Gasteiger partial charge in [0.2, 0.25) is 0 Å². The Morgan fingerprint density at radius 3 is 2.92 bits per heavy atom. The van der Waals surface area contributed by atoms with E-state index in [9.17, 15) is 4.79 Å². The number of ether oxygens (including phenoxy) is 1. The van der Waals surface area contributed by atoms with Gasteiger partial charge in [0, 0.05) is 47.7 Å². The molecule has 5 heteroatoms. The molecule has 1 aliphatic heterocycles. The molecule has 0 unspecified atom stereocenters. The third-order valence-electron chi connectivity index (χ3n) is 5.40. The fourth-order valence-electron chi connectivity index (χ4n) is 4.01. The molecule has 0 radical (unpaired) electrons. The first-order valence-electron chi connectivity index (χ1n) is 8.97. The van der Waals surface area contributed by atoms with Gasteiger partial charge in [0.25, 0.3) is 0 Å². The SMILES string of the molecule is COc1ccc2[nH]c3c(c2c1)CN(C(=O)NC1CCCCC1)CC3. The first-order chi connectivity index (χ1) is 11.7. The predicted octanol–water partition coefficient (Wildman–Crippen LogP) is 3.58. The van der Waals surface area contributed by atoms with Gasteiger partial charge in [0.05, 0.1) is 7.11 Å². The molecule has 4 rings (SSSR count). The fourth-order valence-corrected chi connectivity index (χ4v) is 4.01.